The molecule has 3 aromatic rings. The molecule has 0 bridgehead atoms. The Morgan fingerprint density at radius 3 is 2.23 bits per heavy atom. The number of rotatable bonds is 3. The third kappa shape index (κ3) is 3.60. The van der Waals surface area contributed by atoms with E-state index < -0.39 is 5.91 Å². The lowest BCUT2D eigenvalue weighted by Gasteiger charge is -2.10. The van der Waals surface area contributed by atoms with E-state index in [1.54, 1.807) is 54.1 Å². The molecule has 132 valence electrons. The predicted molar refractivity (Wildman–Crippen MR) is 103 cm³/mol. The van der Waals surface area contributed by atoms with Crippen molar-refractivity contribution >= 4 is 45.7 Å². The Bertz CT molecular complexity index is 1070. The standard InChI is InChI=1S/C19H16ClN3O3/c1-11(24)21-13-4-6-14(7-5-13)22-19(26)16-10-23(2)17-8-3-12(20)9-15(17)18(16)25/h3-10H,1-2H3,(H,21,24)(H,22,26). The first kappa shape index (κ1) is 17.7. The van der Waals surface area contributed by atoms with Crippen LogP contribution in [0.4, 0.5) is 11.4 Å². The first-order valence-corrected chi connectivity index (χ1v) is 8.21. The number of aryl methyl sites for hydroxylation is 1. The summed E-state index contributed by atoms with van der Waals surface area (Å²) in [7, 11) is 1.76. The molecule has 26 heavy (non-hydrogen) atoms. The Labute approximate surface area is 154 Å². The molecule has 7 heteroatoms. The van der Waals surface area contributed by atoms with Crippen molar-refractivity contribution in [2.45, 2.75) is 6.92 Å². The van der Waals surface area contributed by atoms with Crippen LogP contribution in [0.5, 0.6) is 0 Å². The average molecular weight is 370 g/mol. The molecular formula is C19H16ClN3O3. The van der Waals surface area contributed by atoms with Gasteiger partial charge in [-0.15, -0.1) is 0 Å². The minimum atomic E-state index is -0.514. The van der Waals surface area contributed by atoms with Gasteiger partial charge in [0.1, 0.15) is 5.56 Å². The molecule has 0 saturated carbocycles. The van der Waals surface area contributed by atoms with Crippen LogP contribution in [0.25, 0.3) is 10.9 Å². The molecule has 1 heterocycles. The number of carbonyl (C=O) groups is 2. The number of hydrogen-bond acceptors (Lipinski definition) is 3. The van der Waals surface area contributed by atoms with Gasteiger partial charge in [-0.1, -0.05) is 11.6 Å². The van der Waals surface area contributed by atoms with Crippen molar-refractivity contribution in [3.63, 3.8) is 0 Å². The van der Waals surface area contributed by atoms with Crippen LogP contribution in [0, 0.1) is 0 Å². The number of fused-ring (bicyclic) bond motifs is 1. The van der Waals surface area contributed by atoms with Crippen LogP contribution in [0.1, 0.15) is 17.3 Å². The fourth-order valence-electron chi connectivity index (χ4n) is 2.66. The summed E-state index contributed by atoms with van der Waals surface area (Å²) >= 11 is 5.98. The molecule has 2 amide bonds. The summed E-state index contributed by atoms with van der Waals surface area (Å²) in [5.41, 5.74) is 1.46. The molecule has 0 fully saturated rings. The maximum atomic E-state index is 12.7. The zero-order valence-corrected chi connectivity index (χ0v) is 14.9. The minimum absolute atomic E-state index is 0.0215. The number of aromatic nitrogens is 1. The van der Waals surface area contributed by atoms with Crippen molar-refractivity contribution < 1.29 is 9.59 Å². The van der Waals surface area contributed by atoms with E-state index >= 15 is 0 Å². The van der Waals surface area contributed by atoms with Crippen LogP contribution in [-0.2, 0) is 11.8 Å². The monoisotopic (exact) mass is 369 g/mol. The van der Waals surface area contributed by atoms with Gasteiger partial charge >= 0.3 is 0 Å². The zero-order valence-electron chi connectivity index (χ0n) is 14.2. The fraction of sp³-hybridized carbons (Fsp3) is 0.105. The zero-order chi connectivity index (χ0) is 18.8. The molecule has 6 nitrogen and oxygen atoms in total. The molecule has 2 N–H and O–H groups in total. The number of halogens is 1. The lowest BCUT2D eigenvalue weighted by atomic mass is 10.1. The van der Waals surface area contributed by atoms with Crippen molar-refractivity contribution in [1.29, 1.82) is 0 Å². The Balaban J connectivity index is 1.91. The van der Waals surface area contributed by atoms with Crippen LogP contribution in [0.15, 0.2) is 53.5 Å². The van der Waals surface area contributed by atoms with E-state index in [1.165, 1.54) is 13.1 Å². The number of amides is 2. The summed E-state index contributed by atoms with van der Waals surface area (Å²) < 4.78 is 1.71. The van der Waals surface area contributed by atoms with E-state index in [0.29, 0.717) is 27.3 Å². The molecule has 0 radical (unpaired) electrons. The van der Waals surface area contributed by atoms with E-state index in [4.69, 9.17) is 11.6 Å². The molecule has 2 aromatic carbocycles. The SMILES string of the molecule is CC(=O)Nc1ccc(NC(=O)c2cn(C)c3ccc(Cl)cc3c2=O)cc1. The summed E-state index contributed by atoms with van der Waals surface area (Å²) in [6, 6.07) is 11.6. The average Bonchev–Trinajstić information content (AvgIpc) is 2.59. The normalized spacial score (nSPS) is 10.6. The number of carbonyl (C=O) groups excluding carboxylic acids is 2. The van der Waals surface area contributed by atoms with Gasteiger partial charge in [-0.25, -0.2) is 0 Å². The topological polar surface area (TPSA) is 80.2 Å². The Kier molecular flexibility index (Phi) is 4.77. The number of nitrogens with one attached hydrogen (secondary N) is 2. The van der Waals surface area contributed by atoms with Crippen molar-refractivity contribution in [2.75, 3.05) is 10.6 Å². The molecule has 1 aromatic heterocycles. The highest BCUT2D eigenvalue weighted by Gasteiger charge is 2.15. The van der Waals surface area contributed by atoms with Gasteiger partial charge in [0, 0.05) is 42.0 Å². The van der Waals surface area contributed by atoms with Crippen molar-refractivity contribution in [3.8, 4) is 0 Å². The molecular weight excluding hydrogens is 354 g/mol. The van der Waals surface area contributed by atoms with Crippen LogP contribution < -0.4 is 16.1 Å². The lowest BCUT2D eigenvalue weighted by Crippen LogP contribution is -2.23. The predicted octanol–water partition coefficient (Wildman–Crippen LogP) is 3.40. The molecule has 0 aliphatic rings. The maximum absolute atomic E-state index is 12.7. The van der Waals surface area contributed by atoms with E-state index in [2.05, 4.69) is 10.6 Å². The third-order valence-electron chi connectivity index (χ3n) is 3.86. The van der Waals surface area contributed by atoms with Gasteiger partial charge in [-0.3, -0.25) is 14.4 Å². The molecule has 0 aliphatic carbocycles. The van der Waals surface area contributed by atoms with Gasteiger partial charge in [-0.2, -0.15) is 0 Å². The number of benzene rings is 2. The maximum Gasteiger partial charge on any atom is 0.261 e. The minimum Gasteiger partial charge on any atom is -0.350 e. The highest BCUT2D eigenvalue weighted by atomic mass is 35.5. The van der Waals surface area contributed by atoms with Gasteiger partial charge < -0.3 is 15.2 Å². The highest BCUT2D eigenvalue weighted by Crippen LogP contribution is 2.18. The second-order valence-electron chi connectivity index (χ2n) is 5.86. The Morgan fingerprint density at radius 2 is 1.62 bits per heavy atom. The molecule has 0 unspecified atom stereocenters. The van der Waals surface area contributed by atoms with Gasteiger partial charge in [0.15, 0.2) is 0 Å². The van der Waals surface area contributed by atoms with Crippen molar-refractivity contribution in [2.24, 2.45) is 7.05 Å². The molecule has 0 spiro atoms. The Hall–Kier alpha value is -3.12. The van der Waals surface area contributed by atoms with Gasteiger partial charge in [0.25, 0.3) is 5.91 Å². The highest BCUT2D eigenvalue weighted by molar-refractivity contribution is 6.31. The fourth-order valence-corrected chi connectivity index (χ4v) is 2.84. The van der Waals surface area contributed by atoms with Crippen LogP contribution in [0.3, 0.4) is 0 Å². The van der Waals surface area contributed by atoms with E-state index in [9.17, 15) is 14.4 Å². The summed E-state index contributed by atoms with van der Waals surface area (Å²) in [6.45, 7) is 1.41. The number of nitrogens with zero attached hydrogens (tertiary/aromatic N) is 1. The second-order valence-corrected chi connectivity index (χ2v) is 6.29. The first-order valence-electron chi connectivity index (χ1n) is 7.83. The van der Waals surface area contributed by atoms with E-state index in [0.717, 1.165) is 0 Å². The summed E-state index contributed by atoms with van der Waals surface area (Å²) in [6.07, 6.45) is 1.50. The first-order chi connectivity index (χ1) is 12.3. The summed E-state index contributed by atoms with van der Waals surface area (Å²) in [4.78, 5) is 36.2. The largest absolute Gasteiger partial charge is 0.350 e. The summed E-state index contributed by atoms with van der Waals surface area (Å²) in [5.74, 6) is -0.695. The van der Waals surface area contributed by atoms with Gasteiger partial charge in [0.05, 0.1) is 5.52 Å². The van der Waals surface area contributed by atoms with Gasteiger partial charge in [-0.05, 0) is 42.5 Å². The smallest absolute Gasteiger partial charge is 0.261 e. The second kappa shape index (κ2) is 7.01. The lowest BCUT2D eigenvalue weighted by molar-refractivity contribution is -0.114. The van der Waals surface area contributed by atoms with Gasteiger partial charge in [0.2, 0.25) is 11.3 Å². The van der Waals surface area contributed by atoms with Crippen LogP contribution >= 0.6 is 11.6 Å². The van der Waals surface area contributed by atoms with Crippen LogP contribution in [0.2, 0.25) is 5.02 Å². The van der Waals surface area contributed by atoms with Crippen LogP contribution in [-0.4, -0.2) is 16.4 Å². The number of hydrogen-bond donors (Lipinski definition) is 2. The van der Waals surface area contributed by atoms with Crippen molar-refractivity contribution in [1.82, 2.24) is 4.57 Å². The molecule has 0 aliphatic heterocycles. The van der Waals surface area contributed by atoms with E-state index in [1.807, 2.05) is 0 Å². The van der Waals surface area contributed by atoms with E-state index in [-0.39, 0.29) is 16.9 Å². The molecule has 0 saturated heterocycles. The third-order valence-corrected chi connectivity index (χ3v) is 4.09. The number of pyridine rings is 1. The Morgan fingerprint density at radius 1 is 1.00 bits per heavy atom. The quantitative estimate of drug-likeness (QED) is 0.742. The van der Waals surface area contributed by atoms with Crippen molar-refractivity contribution in [3.05, 3.63) is 69.5 Å². The summed E-state index contributed by atoms with van der Waals surface area (Å²) in [5, 5.41) is 6.14. The molecule has 0 atom stereocenters. The molecule has 3 rings (SSSR count). The number of anilines is 2.